The van der Waals surface area contributed by atoms with Crippen molar-refractivity contribution in [2.24, 2.45) is 11.5 Å². The molecule has 3 saturated heterocycles. The Hall–Kier alpha value is -3.44. The largest absolute Gasteiger partial charge is 0.472 e. The molecule has 10 atom stereocenters. The van der Waals surface area contributed by atoms with E-state index in [0.29, 0.717) is 0 Å². The monoisotopic (exact) mass is 672 g/mol. The second-order valence-electron chi connectivity index (χ2n) is 10.3. The SMILES string of the molecule is Nc1nc2c(ncn2[C@@H]2O[C@@H]3COP(=O)(O)O[C@@H]4[C@H](N)[C@H](n5cnc6c(N)ncnc65)O[C@@H]4COP(=O)(O)OC3[C@@H]2N)c(=O)[nH]1. The lowest BCUT2D eigenvalue weighted by molar-refractivity contribution is -0.0661. The molecule has 0 saturated carbocycles. The molecule has 4 aromatic rings. The van der Waals surface area contributed by atoms with Gasteiger partial charge in [-0.25, -0.2) is 29.1 Å². The van der Waals surface area contributed by atoms with E-state index < -0.39 is 83.4 Å². The third kappa shape index (κ3) is 5.31. The number of H-pyrrole nitrogens is 1. The first-order valence-electron chi connectivity index (χ1n) is 13.1. The summed E-state index contributed by atoms with van der Waals surface area (Å²) >= 11 is 0. The van der Waals surface area contributed by atoms with Gasteiger partial charge in [-0.1, -0.05) is 0 Å². The Morgan fingerprint density at radius 3 is 1.93 bits per heavy atom. The number of imidazole rings is 2. The van der Waals surface area contributed by atoms with E-state index in [9.17, 15) is 23.7 Å². The fraction of sp³-hybridized carbons (Fsp3) is 0.500. The highest BCUT2D eigenvalue weighted by molar-refractivity contribution is 7.47. The van der Waals surface area contributed by atoms with Gasteiger partial charge in [-0.3, -0.25) is 37.0 Å². The van der Waals surface area contributed by atoms with E-state index in [-0.39, 0.29) is 34.1 Å². The molecule has 23 nitrogen and oxygen atoms in total. The molecule has 45 heavy (non-hydrogen) atoms. The van der Waals surface area contributed by atoms with Crippen LogP contribution in [-0.2, 0) is 36.7 Å². The second-order valence-corrected chi connectivity index (χ2v) is 13.1. The number of hydrogen-bond donors (Lipinski definition) is 7. The van der Waals surface area contributed by atoms with Gasteiger partial charge in [0.05, 0.1) is 38.0 Å². The molecular weight excluding hydrogens is 646 g/mol. The average Bonchev–Trinajstić information content (AvgIpc) is 3.72. The molecule has 3 aliphatic heterocycles. The van der Waals surface area contributed by atoms with Crippen LogP contribution in [0.25, 0.3) is 22.3 Å². The van der Waals surface area contributed by atoms with E-state index in [1.165, 1.54) is 28.1 Å². The molecule has 0 aromatic carbocycles. The lowest BCUT2D eigenvalue weighted by Crippen LogP contribution is -2.43. The summed E-state index contributed by atoms with van der Waals surface area (Å²) in [5.74, 6) is -0.128. The molecule has 0 amide bonds. The van der Waals surface area contributed by atoms with Crippen molar-refractivity contribution in [3.63, 3.8) is 0 Å². The van der Waals surface area contributed by atoms with Gasteiger partial charge < -0.3 is 42.2 Å². The van der Waals surface area contributed by atoms with E-state index in [1.807, 2.05) is 0 Å². The number of aromatic nitrogens is 8. The number of rotatable bonds is 2. The smallest absolute Gasteiger partial charge is 0.382 e. The zero-order chi connectivity index (χ0) is 31.8. The van der Waals surface area contributed by atoms with Crippen LogP contribution in [0, 0.1) is 0 Å². The van der Waals surface area contributed by atoms with Crippen LogP contribution in [0.3, 0.4) is 0 Å². The Bertz CT molecular complexity index is 1940. The number of anilines is 2. The first-order valence-corrected chi connectivity index (χ1v) is 16.1. The third-order valence-corrected chi connectivity index (χ3v) is 9.45. The van der Waals surface area contributed by atoms with Crippen molar-refractivity contribution in [1.82, 2.24) is 39.0 Å². The van der Waals surface area contributed by atoms with E-state index in [4.69, 9.17) is 50.5 Å². The van der Waals surface area contributed by atoms with Gasteiger partial charge in [-0.2, -0.15) is 4.98 Å². The van der Waals surface area contributed by atoms with Gasteiger partial charge in [0.15, 0.2) is 35.1 Å². The zero-order valence-corrected chi connectivity index (χ0v) is 24.5. The summed E-state index contributed by atoms with van der Waals surface area (Å²) in [6.07, 6.45) is -4.11. The molecule has 0 bridgehead atoms. The van der Waals surface area contributed by atoms with E-state index >= 15 is 0 Å². The molecule has 242 valence electrons. The predicted molar refractivity (Wildman–Crippen MR) is 147 cm³/mol. The average molecular weight is 672 g/mol. The van der Waals surface area contributed by atoms with Crippen molar-refractivity contribution in [3.8, 4) is 0 Å². The molecule has 11 N–H and O–H groups in total. The van der Waals surface area contributed by atoms with Crippen molar-refractivity contribution in [1.29, 1.82) is 0 Å². The molecule has 3 fully saturated rings. The maximum Gasteiger partial charge on any atom is 0.472 e. The van der Waals surface area contributed by atoms with Crippen LogP contribution in [-0.4, -0.2) is 98.5 Å². The normalized spacial score (nSPS) is 37.7. The number of nitrogens with one attached hydrogen (secondary N) is 1. The highest BCUT2D eigenvalue weighted by Gasteiger charge is 2.53. The van der Waals surface area contributed by atoms with Gasteiger partial charge in [0.25, 0.3) is 5.56 Å². The topological polar surface area (TPSA) is 341 Å². The summed E-state index contributed by atoms with van der Waals surface area (Å²) in [6, 6.07) is -2.43. The Morgan fingerprint density at radius 2 is 1.36 bits per heavy atom. The molecule has 25 heteroatoms. The van der Waals surface area contributed by atoms with E-state index in [2.05, 4.69) is 29.9 Å². The van der Waals surface area contributed by atoms with E-state index in [1.54, 1.807) is 0 Å². The van der Waals surface area contributed by atoms with Crippen LogP contribution in [0.4, 0.5) is 11.8 Å². The standard InChI is InChI=1S/C20H26N12O11P2/c21-8-12-6(40-18(8)31-4-27-10-14(23)25-3-26-15(10)31)1-38-45(36,37)43-13-7(2-39-44(34,35)42-12)41-19(9(13)22)32-5-28-11-16(32)29-20(24)30-17(11)33/h3-9,12-13,18-19H,1-2,21-22H2,(H,34,35)(H,36,37)(H2,23,25,26)(H3,24,29,30,33)/t6-,7-,8+,9+,12+,13?,18-,19-/m1/s1. The van der Waals surface area contributed by atoms with Gasteiger partial charge in [-0.15, -0.1) is 0 Å². The fourth-order valence-corrected chi connectivity index (χ4v) is 7.41. The number of ether oxygens (including phenoxy) is 2. The van der Waals surface area contributed by atoms with Crippen molar-refractivity contribution in [3.05, 3.63) is 29.3 Å². The maximum atomic E-state index is 13.2. The van der Waals surface area contributed by atoms with Crippen molar-refractivity contribution in [2.75, 3.05) is 24.7 Å². The third-order valence-electron chi connectivity index (χ3n) is 7.48. The molecule has 3 aliphatic rings. The summed E-state index contributed by atoms with van der Waals surface area (Å²) in [7, 11) is -9.86. The summed E-state index contributed by atoms with van der Waals surface area (Å²) in [5.41, 5.74) is 24.1. The van der Waals surface area contributed by atoms with Crippen LogP contribution in [0.1, 0.15) is 12.5 Å². The molecule has 7 heterocycles. The van der Waals surface area contributed by atoms with Crippen LogP contribution in [0.2, 0.25) is 0 Å². The van der Waals surface area contributed by atoms with Crippen LogP contribution in [0.5, 0.6) is 0 Å². The van der Waals surface area contributed by atoms with Gasteiger partial charge in [0, 0.05) is 0 Å². The highest BCUT2D eigenvalue weighted by Crippen LogP contribution is 2.53. The van der Waals surface area contributed by atoms with Crippen molar-refractivity contribution in [2.45, 2.75) is 49.0 Å². The number of hydrogen-bond acceptors (Lipinski definition) is 18. The summed E-state index contributed by atoms with van der Waals surface area (Å²) in [4.78, 5) is 56.2. The Balaban J connectivity index is 1.17. The number of nitrogens with two attached hydrogens (primary N) is 4. The molecule has 4 aromatic heterocycles. The number of phosphoric ester groups is 2. The molecule has 0 aliphatic carbocycles. The fourth-order valence-electron chi connectivity index (χ4n) is 5.45. The minimum Gasteiger partial charge on any atom is -0.382 e. The first kappa shape index (κ1) is 30.2. The Morgan fingerprint density at radius 1 is 0.822 bits per heavy atom. The van der Waals surface area contributed by atoms with Gasteiger partial charge in [0.1, 0.15) is 36.3 Å². The number of fused-ring (bicyclic) bond motifs is 4. The van der Waals surface area contributed by atoms with Gasteiger partial charge >= 0.3 is 15.6 Å². The van der Waals surface area contributed by atoms with Gasteiger partial charge in [-0.05, 0) is 0 Å². The van der Waals surface area contributed by atoms with Crippen molar-refractivity contribution >= 4 is 49.7 Å². The predicted octanol–water partition coefficient (Wildman–Crippen LogP) is -2.41. The van der Waals surface area contributed by atoms with Crippen LogP contribution in [0.15, 0.2) is 23.8 Å². The van der Waals surface area contributed by atoms with Crippen LogP contribution < -0.4 is 28.5 Å². The number of nitrogen functional groups attached to an aromatic ring is 2. The van der Waals surface area contributed by atoms with Crippen molar-refractivity contribution < 1.29 is 46.5 Å². The number of nitrogens with zero attached hydrogens (tertiary/aromatic N) is 7. The molecule has 3 unspecified atom stereocenters. The summed E-state index contributed by atoms with van der Waals surface area (Å²) in [6.45, 7) is -1.41. The minimum absolute atomic E-state index is 0.0112. The highest BCUT2D eigenvalue weighted by atomic mass is 31.2. The van der Waals surface area contributed by atoms with Crippen LogP contribution >= 0.6 is 15.6 Å². The number of phosphoric acid groups is 2. The summed E-state index contributed by atoms with van der Waals surface area (Å²) in [5, 5.41) is 0. The molecule has 0 spiro atoms. The molecule has 7 rings (SSSR count). The quantitative estimate of drug-likeness (QED) is 0.109. The maximum absolute atomic E-state index is 13.2. The zero-order valence-electron chi connectivity index (χ0n) is 22.7. The lowest BCUT2D eigenvalue weighted by atomic mass is 10.1. The minimum atomic E-state index is -4.93. The molecular formula is C20H26N12O11P2. The Kier molecular flexibility index (Phi) is 7.27. The summed E-state index contributed by atoms with van der Waals surface area (Å²) < 4.78 is 62.2. The lowest BCUT2D eigenvalue weighted by Gasteiger charge is -2.28. The Labute approximate surface area is 250 Å². The van der Waals surface area contributed by atoms with E-state index in [0.717, 1.165) is 0 Å². The number of aromatic amines is 1. The second kappa shape index (κ2) is 10.8. The first-order chi connectivity index (χ1) is 21.3. The molecule has 0 radical (unpaired) electrons. The van der Waals surface area contributed by atoms with Gasteiger partial charge in [0.2, 0.25) is 5.95 Å².